The SMILES string of the molecule is CCOc1ccccc1CNCC(O)c1ccccc1.Cl. The van der Waals surface area contributed by atoms with Crippen molar-refractivity contribution in [2.75, 3.05) is 13.2 Å². The zero-order chi connectivity index (χ0) is 14.2. The van der Waals surface area contributed by atoms with Crippen LogP contribution in [-0.2, 0) is 6.54 Å². The summed E-state index contributed by atoms with van der Waals surface area (Å²) in [5, 5.41) is 13.3. The van der Waals surface area contributed by atoms with Crippen molar-refractivity contribution >= 4 is 12.4 Å². The van der Waals surface area contributed by atoms with E-state index in [2.05, 4.69) is 5.32 Å². The Balaban J connectivity index is 0.00000220. The normalized spacial score (nSPS) is 11.5. The molecule has 2 aromatic carbocycles. The Hall–Kier alpha value is -1.55. The average molecular weight is 308 g/mol. The van der Waals surface area contributed by atoms with Crippen LogP contribution in [0.2, 0.25) is 0 Å². The van der Waals surface area contributed by atoms with Crippen LogP contribution in [0.4, 0.5) is 0 Å². The molecular weight excluding hydrogens is 286 g/mol. The van der Waals surface area contributed by atoms with Gasteiger partial charge in [-0.1, -0.05) is 48.5 Å². The van der Waals surface area contributed by atoms with Gasteiger partial charge >= 0.3 is 0 Å². The van der Waals surface area contributed by atoms with Gasteiger partial charge in [0.1, 0.15) is 5.75 Å². The molecule has 0 aromatic heterocycles. The van der Waals surface area contributed by atoms with Crippen molar-refractivity contribution in [3.05, 3.63) is 65.7 Å². The fourth-order valence-corrected chi connectivity index (χ4v) is 2.08. The minimum Gasteiger partial charge on any atom is -0.494 e. The molecule has 0 heterocycles. The van der Waals surface area contributed by atoms with Gasteiger partial charge < -0.3 is 15.2 Å². The third-order valence-electron chi connectivity index (χ3n) is 3.11. The number of nitrogens with one attached hydrogen (secondary N) is 1. The smallest absolute Gasteiger partial charge is 0.123 e. The van der Waals surface area contributed by atoms with E-state index >= 15 is 0 Å². The van der Waals surface area contributed by atoms with Crippen LogP contribution in [0.1, 0.15) is 24.2 Å². The van der Waals surface area contributed by atoms with Crippen LogP contribution in [0.5, 0.6) is 5.75 Å². The van der Waals surface area contributed by atoms with Crippen LogP contribution in [0.25, 0.3) is 0 Å². The van der Waals surface area contributed by atoms with Crippen molar-refractivity contribution in [1.29, 1.82) is 0 Å². The molecule has 0 saturated heterocycles. The van der Waals surface area contributed by atoms with Crippen LogP contribution in [-0.4, -0.2) is 18.3 Å². The number of ether oxygens (including phenoxy) is 1. The first-order valence-electron chi connectivity index (χ1n) is 6.95. The van der Waals surface area contributed by atoms with E-state index in [1.54, 1.807) is 0 Å². The number of hydrogen-bond acceptors (Lipinski definition) is 3. The second kappa shape index (κ2) is 9.40. The van der Waals surface area contributed by atoms with Gasteiger partial charge in [0.15, 0.2) is 0 Å². The molecule has 114 valence electrons. The Morgan fingerprint density at radius 1 is 1.05 bits per heavy atom. The molecular formula is C17H22ClNO2. The van der Waals surface area contributed by atoms with E-state index in [9.17, 15) is 5.11 Å². The largest absolute Gasteiger partial charge is 0.494 e. The van der Waals surface area contributed by atoms with E-state index in [1.807, 2.05) is 61.5 Å². The number of hydrogen-bond donors (Lipinski definition) is 2. The van der Waals surface area contributed by atoms with E-state index in [4.69, 9.17) is 4.74 Å². The molecule has 0 bridgehead atoms. The van der Waals surface area contributed by atoms with Crippen LogP contribution >= 0.6 is 12.4 Å². The van der Waals surface area contributed by atoms with Crippen molar-refractivity contribution in [3.8, 4) is 5.75 Å². The number of aliphatic hydroxyl groups is 1. The average Bonchev–Trinajstić information content (AvgIpc) is 2.50. The highest BCUT2D eigenvalue weighted by Gasteiger charge is 2.07. The quantitative estimate of drug-likeness (QED) is 0.824. The standard InChI is InChI=1S/C17H21NO2.ClH/c1-2-20-17-11-7-6-10-15(17)12-18-13-16(19)14-8-4-3-5-9-14;/h3-11,16,18-19H,2,12-13H2,1H3;1H. The summed E-state index contributed by atoms with van der Waals surface area (Å²) in [6.07, 6.45) is -0.490. The molecule has 0 aliphatic carbocycles. The van der Waals surface area contributed by atoms with Gasteiger partial charge in [-0.2, -0.15) is 0 Å². The van der Waals surface area contributed by atoms with E-state index < -0.39 is 6.10 Å². The molecule has 21 heavy (non-hydrogen) atoms. The minimum absolute atomic E-state index is 0. The summed E-state index contributed by atoms with van der Waals surface area (Å²) in [7, 11) is 0. The molecule has 4 heteroatoms. The fraction of sp³-hybridized carbons (Fsp3) is 0.294. The van der Waals surface area contributed by atoms with Crippen LogP contribution in [0.3, 0.4) is 0 Å². The lowest BCUT2D eigenvalue weighted by atomic mass is 10.1. The molecule has 0 saturated carbocycles. The van der Waals surface area contributed by atoms with Gasteiger partial charge in [-0.3, -0.25) is 0 Å². The van der Waals surface area contributed by atoms with Gasteiger partial charge in [0.25, 0.3) is 0 Å². The molecule has 0 aliphatic rings. The van der Waals surface area contributed by atoms with Crippen molar-refractivity contribution in [3.63, 3.8) is 0 Å². The molecule has 0 radical (unpaired) electrons. The highest BCUT2D eigenvalue weighted by atomic mass is 35.5. The highest BCUT2D eigenvalue weighted by Crippen LogP contribution is 2.18. The maximum absolute atomic E-state index is 10.1. The second-order valence-electron chi connectivity index (χ2n) is 4.60. The van der Waals surface area contributed by atoms with E-state index in [-0.39, 0.29) is 12.4 Å². The molecule has 2 N–H and O–H groups in total. The van der Waals surface area contributed by atoms with Crippen LogP contribution in [0.15, 0.2) is 54.6 Å². The molecule has 0 fully saturated rings. The van der Waals surface area contributed by atoms with Gasteiger partial charge in [0.2, 0.25) is 0 Å². The van der Waals surface area contributed by atoms with Crippen LogP contribution < -0.4 is 10.1 Å². The van der Waals surface area contributed by atoms with E-state index in [0.717, 1.165) is 16.9 Å². The maximum atomic E-state index is 10.1. The summed E-state index contributed by atoms with van der Waals surface area (Å²) in [6.45, 7) is 3.83. The summed E-state index contributed by atoms with van der Waals surface area (Å²) in [5.74, 6) is 0.900. The zero-order valence-corrected chi connectivity index (χ0v) is 13.0. The molecule has 1 unspecified atom stereocenters. The summed E-state index contributed by atoms with van der Waals surface area (Å²) < 4.78 is 5.58. The lowest BCUT2D eigenvalue weighted by molar-refractivity contribution is 0.174. The molecule has 2 rings (SSSR count). The predicted molar refractivity (Wildman–Crippen MR) is 88.0 cm³/mol. The molecule has 0 aliphatic heterocycles. The number of benzene rings is 2. The first-order chi connectivity index (χ1) is 9.81. The van der Waals surface area contributed by atoms with Gasteiger partial charge in [0.05, 0.1) is 12.7 Å². The van der Waals surface area contributed by atoms with Crippen molar-refractivity contribution in [2.24, 2.45) is 0 Å². The first-order valence-corrected chi connectivity index (χ1v) is 6.95. The van der Waals surface area contributed by atoms with E-state index in [0.29, 0.717) is 19.7 Å². The van der Waals surface area contributed by atoms with E-state index in [1.165, 1.54) is 0 Å². The van der Waals surface area contributed by atoms with Gasteiger partial charge in [0, 0.05) is 18.7 Å². The molecule has 1 atom stereocenters. The molecule has 2 aromatic rings. The fourth-order valence-electron chi connectivity index (χ4n) is 2.08. The summed E-state index contributed by atoms with van der Waals surface area (Å²) in [4.78, 5) is 0. The van der Waals surface area contributed by atoms with Crippen LogP contribution in [0, 0.1) is 0 Å². The minimum atomic E-state index is -0.490. The second-order valence-corrected chi connectivity index (χ2v) is 4.60. The lowest BCUT2D eigenvalue weighted by Gasteiger charge is -2.14. The Morgan fingerprint density at radius 2 is 1.71 bits per heavy atom. The number of halogens is 1. The van der Waals surface area contributed by atoms with Crippen molar-refractivity contribution in [2.45, 2.75) is 19.6 Å². The first kappa shape index (κ1) is 17.5. The highest BCUT2D eigenvalue weighted by molar-refractivity contribution is 5.85. The summed E-state index contributed by atoms with van der Waals surface area (Å²) in [6, 6.07) is 17.6. The van der Waals surface area contributed by atoms with Gasteiger partial charge in [-0.15, -0.1) is 12.4 Å². The molecule has 0 spiro atoms. The Labute approximate surface area is 132 Å². The number of aliphatic hydroxyl groups excluding tert-OH is 1. The molecule has 0 amide bonds. The Kier molecular flexibility index (Phi) is 7.83. The predicted octanol–water partition coefficient (Wildman–Crippen LogP) is 3.33. The van der Waals surface area contributed by atoms with Gasteiger partial charge in [-0.05, 0) is 18.6 Å². The summed E-state index contributed by atoms with van der Waals surface area (Å²) >= 11 is 0. The summed E-state index contributed by atoms with van der Waals surface area (Å²) in [5.41, 5.74) is 2.03. The maximum Gasteiger partial charge on any atom is 0.123 e. The van der Waals surface area contributed by atoms with Crippen molar-refractivity contribution < 1.29 is 9.84 Å². The monoisotopic (exact) mass is 307 g/mol. The molecule has 3 nitrogen and oxygen atoms in total. The third kappa shape index (κ3) is 5.38. The van der Waals surface area contributed by atoms with Crippen molar-refractivity contribution in [1.82, 2.24) is 5.32 Å². The Bertz CT molecular complexity index is 519. The van der Waals surface area contributed by atoms with Gasteiger partial charge in [-0.25, -0.2) is 0 Å². The number of para-hydroxylation sites is 1. The topological polar surface area (TPSA) is 41.5 Å². The third-order valence-corrected chi connectivity index (χ3v) is 3.11. The number of rotatable bonds is 7. The zero-order valence-electron chi connectivity index (χ0n) is 12.2. The Morgan fingerprint density at radius 3 is 2.43 bits per heavy atom. The lowest BCUT2D eigenvalue weighted by Crippen LogP contribution is -2.21.